The van der Waals surface area contributed by atoms with Crippen LogP contribution in [0.4, 0.5) is 5.82 Å². The van der Waals surface area contributed by atoms with Crippen molar-refractivity contribution in [2.45, 2.75) is 11.4 Å². The Labute approximate surface area is 107 Å². The van der Waals surface area contributed by atoms with Gasteiger partial charge in [0.15, 0.2) is 5.82 Å². The average Bonchev–Trinajstić information content (AvgIpc) is 2.83. The highest BCUT2D eigenvalue weighted by atomic mass is 35.5. The lowest BCUT2D eigenvalue weighted by Crippen LogP contribution is -2.24. The SMILES string of the molecule is Nc1ncc(S(=O)(=O)NCc2nn[nH]n2)cc1Cl. The summed E-state index contributed by atoms with van der Waals surface area (Å²) < 4.78 is 26.0. The number of pyridine rings is 1. The number of tetrazole rings is 1. The van der Waals surface area contributed by atoms with E-state index in [4.69, 9.17) is 17.3 Å². The highest BCUT2D eigenvalue weighted by Gasteiger charge is 2.16. The number of nitrogens with one attached hydrogen (secondary N) is 2. The molecule has 0 atom stereocenters. The number of hydrogen-bond donors (Lipinski definition) is 3. The van der Waals surface area contributed by atoms with Crippen LogP contribution in [0, 0.1) is 0 Å². The zero-order valence-corrected chi connectivity index (χ0v) is 10.4. The molecule has 4 N–H and O–H groups in total. The number of hydrogen-bond acceptors (Lipinski definition) is 7. The number of nitrogens with two attached hydrogens (primary N) is 1. The first kappa shape index (κ1) is 12.7. The van der Waals surface area contributed by atoms with Crippen molar-refractivity contribution in [3.63, 3.8) is 0 Å². The van der Waals surface area contributed by atoms with Crippen molar-refractivity contribution in [1.29, 1.82) is 0 Å². The Bertz CT molecular complexity index is 642. The Hall–Kier alpha value is -1.78. The Morgan fingerprint density at radius 1 is 1.50 bits per heavy atom. The molecule has 0 aliphatic rings. The maximum absolute atomic E-state index is 11.9. The van der Waals surface area contributed by atoms with Crippen LogP contribution in [-0.2, 0) is 16.6 Å². The van der Waals surface area contributed by atoms with Crippen LogP contribution in [0.1, 0.15) is 5.82 Å². The zero-order valence-electron chi connectivity index (χ0n) is 8.83. The summed E-state index contributed by atoms with van der Waals surface area (Å²) in [5.74, 6) is 0.280. The van der Waals surface area contributed by atoms with Gasteiger partial charge in [-0.2, -0.15) is 5.21 Å². The van der Waals surface area contributed by atoms with Gasteiger partial charge in [0.05, 0.1) is 11.6 Å². The van der Waals surface area contributed by atoms with E-state index in [0.717, 1.165) is 6.20 Å². The number of halogens is 1. The second kappa shape index (κ2) is 4.84. The number of H-pyrrole nitrogens is 1. The van der Waals surface area contributed by atoms with E-state index in [1.807, 2.05) is 0 Å². The molecule has 2 heterocycles. The number of aromatic nitrogens is 5. The number of anilines is 1. The average molecular weight is 290 g/mol. The van der Waals surface area contributed by atoms with Gasteiger partial charge in [-0.15, -0.1) is 10.2 Å². The van der Waals surface area contributed by atoms with Crippen molar-refractivity contribution in [2.75, 3.05) is 5.73 Å². The van der Waals surface area contributed by atoms with Crippen LogP contribution in [0.15, 0.2) is 17.2 Å². The zero-order chi connectivity index (χ0) is 13.2. The lowest BCUT2D eigenvalue weighted by molar-refractivity contribution is 0.579. The summed E-state index contributed by atoms with van der Waals surface area (Å²) in [5, 5.41) is 12.8. The third kappa shape index (κ3) is 2.72. The van der Waals surface area contributed by atoms with Gasteiger partial charge in [-0.25, -0.2) is 18.1 Å². The molecule has 2 aromatic rings. The number of aromatic amines is 1. The van der Waals surface area contributed by atoms with E-state index in [1.54, 1.807) is 0 Å². The van der Waals surface area contributed by atoms with Gasteiger partial charge in [0.25, 0.3) is 0 Å². The van der Waals surface area contributed by atoms with Crippen LogP contribution < -0.4 is 10.5 Å². The minimum Gasteiger partial charge on any atom is -0.382 e. The highest BCUT2D eigenvalue weighted by molar-refractivity contribution is 7.89. The third-order valence-electron chi connectivity index (χ3n) is 1.96. The molecule has 0 bridgehead atoms. The molecule has 96 valence electrons. The standard InChI is InChI=1S/C7H8ClN7O2S/c8-5-1-4(2-10-7(5)9)18(16,17)11-3-6-12-14-15-13-6/h1-2,11H,3H2,(H2,9,10)(H,12,13,14,15). The molecule has 0 aliphatic carbocycles. The molecule has 2 aromatic heterocycles. The van der Waals surface area contributed by atoms with Crippen molar-refractivity contribution < 1.29 is 8.42 Å². The molecule has 0 aliphatic heterocycles. The molecule has 0 saturated carbocycles. The van der Waals surface area contributed by atoms with Crippen LogP contribution in [0.3, 0.4) is 0 Å². The van der Waals surface area contributed by atoms with Gasteiger partial charge in [-0.3, -0.25) is 0 Å². The Balaban J connectivity index is 2.17. The van der Waals surface area contributed by atoms with E-state index in [2.05, 4.69) is 30.3 Å². The minimum atomic E-state index is -3.75. The second-order valence-electron chi connectivity index (χ2n) is 3.19. The van der Waals surface area contributed by atoms with Gasteiger partial charge in [-0.05, 0) is 6.07 Å². The summed E-state index contributed by atoms with van der Waals surface area (Å²) in [4.78, 5) is 3.57. The largest absolute Gasteiger partial charge is 0.382 e. The number of nitrogens with zero attached hydrogens (tertiary/aromatic N) is 4. The van der Waals surface area contributed by atoms with Crippen molar-refractivity contribution in [1.82, 2.24) is 30.3 Å². The van der Waals surface area contributed by atoms with E-state index < -0.39 is 10.0 Å². The topological polar surface area (TPSA) is 140 Å². The summed E-state index contributed by atoms with van der Waals surface area (Å²) in [6.07, 6.45) is 1.11. The van der Waals surface area contributed by atoms with Gasteiger partial charge in [0.2, 0.25) is 10.0 Å². The number of sulfonamides is 1. The van der Waals surface area contributed by atoms with Crippen molar-refractivity contribution in [3.8, 4) is 0 Å². The summed E-state index contributed by atoms with van der Waals surface area (Å²) in [6.45, 7) is -0.0964. The fourth-order valence-corrected chi connectivity index (χ4v) is 2.26. The van der Waals surface area contributed by atoms with Crippen molar-refractivity contribution in [3.05, 3.63) is 23.1 Å². The number of rotatable bonds is 4. The Kier molecular flexibility index (Phi) is 3.41. The highest BCUT2D eigenvalue weighted by Crippen LogP contribution is 2.19. The van der Waals surface area contributed by atoms with Gasteiger partial charge >= 0.3 is 0 Å². The van der Waals surface area contributed by atoms with Gasteiger partial charge < -0.3 is 5.73 Å². The first-order chi connectivity index (χ1) is 8.49. The molecular formula is C7H8ClN7O2S. The molecule has 11 heteroatoms. The van der Waals surface area contributed by atoms with Crippen molar-refractivity contribution in [2.24, 2.45) is 0 Å². The van der Waals surface area contributed by atoms with E-state index in [9.17, 15) is 8.42 Å². The van der Waals surface area contributed by atoms with E-state index in [-0.39, 0.29) is 28.1 Å². The molecule has 0 aromatic carbocycles. The van der Waals surface area contributed by atoms with Crippen LogP contribution >= 0.6 is 11.6 Å². The van der Waals surface area contributed by atoms with Crippen LogP contribution in [0.25, 0.3) is 0 Å². The first-order valence-corrected chi connectivity index (χ1v) is 6.48. The Morgan fingerprint density at radius 2 is 2.28 bits per heavy atom. The second-order valence-corrected chi connectivity index (χ2v) is 5.36. The summed E-state index contributed by atoms with van der Waals surface area (Å²) in [5.41, 5.74) is 5.39. The normalized spacial score (nSPS) is 11.6. The van der Waals surface area contributed by atoms with Gasteiger partial charge in [0, 0.05) is 6.20 Å². The fraction of sp³-hybridized carbons (Fsp3) is 0.143. The maximum Gasteiger partial charge on any atom is 0.242 e. The predicted molar refractivity (Wildman–Crippen MR) is 61.9 cm³/mol. The predicted octanol–water partition coefficient (Wildman–Crippen LogP) is -0.691. The first-order valence-electron chi connectivity index (χ1n) is 4.62. The molecule has 0 fully saturated rings. The molecule has 9 nitrogen and oxygen atoms in total. The molecular weight excluding hydrogens is 282 g/mol. The van der Waals surface area contributed by atoms with Gasteiger partial charge in [-0.1, -0.05) is 16.8 Å². The molecule has 0 unspecified atom stereocenters. The summed E-state index contributed by atoms with van der Waals surface area (Å²) >= 11 is 5.70. The van der Waals surface area contributed by atoms with Crippen molar-refractivity contribution >= 4 is 27.4 Å². The minimum absolute atomic E-state index is 0.0637. The quantitative estimate of drug-likeness (QED) is 0.676. The fourth-order valence-electron chi connectivity index (χ4n) is 1.08. The molecule has 0 amide bonds. The van der Waals surface area contributed by atoms with E-state index in [0.29, 0.717) is 0 Å². The van der Waals surface area contributed by atoms with Gasteiger partial charge in [0.1, 0.15) is 10.7 Å². The van der Waals surface area contributed by atoms with Crippen LogP contribution in [0.2, 0.25) is 5.02 Å². The molecule has 0 spiro atoms. The van der Waals surface area contributed by atoms with Crippen LogP contribution in [0.5, 0.6) is 0 Å². The molecule has 18 heavy (non-hydrogen) atoms. The summed E-state index contributed by atoms with van der Waals surface area (Å²) in [7, 11) is -3.75. The number of nitrogen functional groups attached to an aromatic ring is 1. The third-order valence-corrected chi connectivity index (χ3v) is 3.64. The maximum atomic E-state index is 11.9. The Morgan fingerprint density at radius 3 is 2.89 bits per heavy atom. The summed E-state index contributed by atoms with van der Waals surface area (Å²) in [6, 6.07) is 1.21. The lowest BCUT2D eigenvalue weighted by atomic mass is 10.5. The molecule has 0 radical (unpaired) electrons. The van der Waals surface area contributed by atoms with E-state index >= 15 is 0 Å². The monoisotopic (exact) mass is 289 g/mol. The molecule has 0 saturated heterocycles. The van der Waals surface area contributed by atoms with Crippen LogP contribution in [-0.4, -0.2) is 34.0 Å². The van der Waals surface area contributed by atoms with E-state index in [1.165, 1.54) is 6.07 Å². The molecule has 2 rings (SSSR count). The lowest BCUT2D eigenvalue weighted by Gasteiger charge is -2.05. The smallest absolute Gasteiger partial charge is 0.242 e.